The number of nitrogens with one attached hydrogen (secondary N) is 1. The lowest BCUT2D eigenvalue weighted by Gasteiger charge is -2.26. The minimum atomic E-state index is -2.01. The number of nitrogens with zero attached hydrogens (tertiary/aromatic N) is 4. The molecule has 0 unspecified atom stereocenters. The van der Waals surface area contributed by atoms with Gasteiger partial charge in [0, 0.05) is 12.3 Å². The Hall–Kier alpha value is -2.66. The Kier molecular flexibility index (Phi) is 3.77. The Balaban J connectivity index is 2.69. The first kappa shape index (κ1) is 15.7. The zero-order valence-corrected chi connectivity index (χ0v) is 11.5. The van der Waals surface area contributed by atoms with Gasteiger partial charge in [0.15, 0.2) is 6.23 Å². The molecule has 1 aliphatic heterocycles. The number of aliphatic hydroxyl groups excluding tert-OH is 2. The van der Waals surface area contributed by atoms with Crippen LogP contribution in [0, 0.1) is 28.1 Å². The van der Waals surface area contributed by atoms with Crippen LogP contribution in [-0.2, 0) is 4.74 Å². The third-order valence-corrected chi connectivity index (χ3v) is 3.72. The zero-order valence-electron chi connectivity index (χ0n) is 11.5. The quantitative estimate of drug-likeness (QED) is 0.367. The predicted octanol–water partition coefficient (Wildman–Crippen LogP) is -1.86. The molecule has 0 aromatic carbocycles. The average molecular weight is 307 g/mol. The number of ether oxygens (including phenoxy) is 1. The summed E-state index contributed by atoms with van der Waals surface area (Å²) in [5.41, 5.74) is -4.54. The molecule has 0 bridgehead atoms. The van der Waals surface area contributed by atoms with E-state index in [1.54, 1.807) is 6.07 Å². The summed E-state index contributed by atoms with van der Waals surface area (Å²) in [5, 5.41) is 50.2. The van der Waals surface area contributed by atoms with Crippen molar-refractivity contribution in [1.82, 2.24) is 9.55 Å². The number of hydrogen-bond donors (Lipinski definition) is 4. The Labute approximate surface area is 123 Å². The molecule has 0 radical (unpaired) electrons. The van der Waals surface area contributed by atoms with Crippen LogP contribution in [-0.4, -0.2) is 43.3 Å². The van der Waals surface area contributed by atoms with Crippen molar-refractivity contribution in [3.8, 4) is 12.1 Å². The van der Waals surface area contributed by atoms with E-state index in [0.717, 1.165) is 10.6 Å². The van der Waals surface area contributed by atoms with E-state index in [0.29, 0.717) is 0 Å². The standard InChI is InChI=1S/C12H13N5O5/c1-11(4-13)8(20)12(5-14,6-18)22-9(11)17-3-2-7(19)15-10(17)16-21/h2-3,8-9,18,20-21H,6H2,1H3,(H,15,16,19)/t8-,9+,11+,12+/m0/s1. The summed E-state index contributed by atoms with van der Waals surface area (Å²) in [7, 11) is 0. The van der Waals surface area contributed by atoms with Gasteiger partial charge in [-0.1, -0.05) is 5.16 Å². The van der Waals surface area contributed by atoms with Crippen molar-refractivity contribution in [2.24, 2.45) is 10.6 Å². The van der Waals surface area contributed by atoms with Crippen LogP contribution in [0.4, 0.5) is 0 Å². The summed E-state index contributed by atoms with van der Waals surface area (Å²) in [5.74, 6) is 0. The van der Waals surface area contributed by atoms with Gasteiger partial charge in [-0.05, 0) is 6.92 Å². The number of aliphatic hydroxyl groups is 2. The van der Waals surface area contributed by atoms with Gasteiger partial charge in [0.1, 0.15) is 17.6 Å². The summed E-state index contributed by atoms with van der Waals surface area (Å²) in [6, 6.07) is 4.61. The topological polar surface area (TPSA) is 168 Å². The molecule has 0 amide bonds. The van der Waals surface area contributed by atoms with E-state index in [-0.39, 0.29) is 5.62 Å². The van der Waals surface area contributed by atoms with Gasteiger partial charge in [-0.2, -0.15) is 10.5 Å². The second-order valence-corrected chi connectivity index (χ2v) is 5.06. The van der Waals surface area contributed by atoms with E-state index < -0.39 is 35.5 Å². The van der Waals surface area contributed by atoms with Gasteiger partial charge in [-0.15, -0.1) is 0 Å². The first-order chi connectivity index (χ1) is 10.4. The molecular formula is C12H13N5O5. The molecule has 10 nitrogen and oxygen atoms in total. The Morgan fingerprint density at radius 2 is 2.23 bits per heavy atom. The smallest absolute Gasteiger partial charge is 0.252 e. The third kappa shape index (κ3) is 1.98. The van der Waals surface area contributed by atoms with Crippen molar-refractivity contribution >= 4 is 0 Å². The Morgan fingerprint density at radius 3 is 2.73 bits per heavy atom. The highest BCUT2D eigenvalue weighted by atomic mass is 16.6. The van der Waals surface area contributed by atoms with Crippen molar-refractivity contribution in [2.45, 2.75) is 24.9 Å². The van der Waals surface area contributed by atoms with Gasteiger partial charge in [-0.3, -0.25) is 14.3 Å². The summed E-state index contributed by atoms with van der Waals surface area (Å²) in [6.45, 7) is 0.490. The molecular weight excluding hydrogens is 294 g/mol. The Morgan fingerprint density at radius 1 is 1.55 bits per heavy atom. The highest BCUT2D eigenvalue weighted by molar-refractivity contribution is 5.22. The van der Waals surface area contributed by atoms with Crippen LogP contribution in [0.5, 0.6) is 0 Å². The van der Waals surface area contributed by atoms with Gasteiger partial charge in [0.05, 0.1) is 12.7 Å². The minimum Gasteiger partial charge on any atom is -0.408 e. The van der Waals surface area contributed by atoms with E-state index >= 15 is 0 Å². The van der Waals surface area contributed by atoms with E-state index in [2.05, 4.69) is 10.1 Å². The van der Waals surface area contributed by atoms with Gasteiger partial charge < -0.3 is 20.2 Å². The molecule has 2 rings (SSSR count). The zero-order chi connectivity index (χ0) is 16.5. The summed E-state index contributed by atoms with van der Waals surface area (Å²) < 4.78 is 6.51. The number of H-pyrrole nitrogens is 1. The molecule has 1 aromatic rings. The number of rotatable bonds is 2. The molecule has 1 saturated heterocycles. The van der Waals surface area contributed by atoms with Crippen LogP contribution in [0.2, 0.25) is 0 Å². The number of aromatic nitrogens is 2. The van der Waals surface area contributed by atoms with Crippen LogP contribution in [0.25, 0.3) is 0 Å². The van der Waals surface area contributed by atoms with Gasteiger partial charge in [0.25, 0.3) is 5.56 Å². The fraction of sp³-hybridized carbons (Fsp3) is 0.500. The van der Waals surface area contributed by atoms with Crippen LogP contribution in [0.3, 0.4) is 0 Å². The molecule has 1 aliphatic rings. The lowest BCUT2D eigenvalue weighted by molar-refractivity contribution is -0.0946. The summed E-state index contributed by atoms with van der Waals surface area (Å²) in [6.07, 6.45) is -1.72. The SMILES string of the molecule is C[C@]1(C#N)[C@H](n2ccc(=O)[nH]/c2=N\O)O[C@](C#N)(CO)[C@H]1O. The molecule has 1 aromatic heterocycles. The highest BCUT2D eigenvalue weighted by Gasteiger charge is 2.63. The predicted molar refractivity (Wildman–Crippen MR) is 67.7 cm³/mol. The lowest BCUT2D eigenvalue weighted by atomic mass is 9.79. The average Bonchev–Trinajstić information content (AvgIpc) is 2.77. The fourth-order valence-corrected chi connectivity index (χ4v) is 2.41. The van der Waals surface area contributed by atoms with Gasteiger partial charge in [0.2, 0.25) is 11.2 Å². The molecule has 22 heavy (non-hydrogen) atoms. The van der Waals surface area contributed by atoms with Crippen molar-refractivity contribution in [3.63, 3.8) is 0 Å². The molecule has 4 N–H and O–H groups in total. The van der Waals surface area contributed by atoms with Crippen LogP contribution in [0.15, 0.2) is 22.2 Å². The summed E-state index contributed by atoms with van der Waals surface area (Å²) >= 11 is 0. The lowest BCUT2D eigenvalue weighted by Crippen LogP contribution is -2.46. The van der Waals surface area contributed by atoms with Crippen molar-refractivity contribution < 1.29 is 20.2 Å². The molecule has 2 heterocycles. The van der Waals surface area contributed by atoms with Gasteiger partial charge >= 0.3 is 0 Å². The van der Waals surface area contributed by atoms with E-state index in [4.69, 9.17) is 9.94 Å². The van der Waals surface area contributed by atoms with Crippen molar-refractivity contribution in [2.75, 3.05) is 6.61 Å². The molecule has 1 fully saturated rings. The molecule has 0 saturated carbocycles. The normalized spacial score (nSPS) is 35.0. The largest absolute Gasteiger partial charge is 0.408 e. The molecule has 10 heteroatoms. The second kappa shape index (κ2) is 5.27. The Bertz CT molecular complexity index is 787. The minimum absolute atomic E-state index is 0.335. The maximum atomic E-state index is 11.3. The molecule has 4 atom stereocenters. The van der Waals surface area contributed by atoms with Crippen molar-refractivity contribution in [1.29, 1.82) is 10.5 Å². The van der Waals surface area contributed by atoms with Crippen LogP contribution >= 0.6 is 0 Å². The second-order valence-electron chi connectivity index (χ2n) is 5.06. The first-order valence-electron chi connectivity index (χ1n) is 6.17. The van der Waals surface area contributed by atoms with Crippen molar-refractivity contribution in [3.05, 3.63) is 28.2 Å². The van der Waals surface area contributed by atoms with E-state index in [1.165, 1.54) is 13.1 Å². The molecule has 0 spiro atoms. The first-order valence-corrected chi connectivity index (χ1v) is 6.17. The van der Waals surface area contributed by atoms with Crippen LogP contribution < -0.4 is 11.2 Å². The maximum absolute atomic E-state index is 11.3. The maximum Gasteiger partial charge on any atom is 0.252 e. The summed E-state index contributed by atoms with van der Waals surface area (Å²) in [4.78, 5) is 13.5. The van der Waals surface area contributed by atoms with E-state index in [1.807, 2.05) is 6.07 Å². The monoisotopic (exact) mass is 307 g/mol. The third-order valence-electron chi connectivity index (χ3n) is 3.72. The molecule has 0 aliphatic carbocycles. The van der Waals surface area contributed by atoms with Crippen LogP contribution in [0.1, 0.15) is 13.2 Å². The van der Waals surface area contributed by atoms with E-state index in [9.17, 15) is 25.5 Å². The van der Waals surface area contributed by atoms with Gasteiger partial charge in [-0.25, -0.2) is 0 Å². The fourth-order valence-electron chi connectivity index (χ4n) is 2.41. The highest BCUT2D eigenvalue weighted by Crippen LogP contribution is 2.49. The number of aromatic amines is 1. The number of nitriles is 2. The molecule has 116 valence electrons. The number of hydrogen-bond acceptors (Lipinski definition) is 8.